The number of hydrogen-bond donors (Lipinski definition) is 1. The van der Waals surface area contributed by atoms with Crippen molar-refractivity contribution >= 4 is 29.9 Å². The van der Waals surface area contributed by atoms with E-state index in [4.69, 9.17) is 18.6 Å². The first-order valence-corrected chi connectivity index (χ1v) is 10.7. The van der Waals surface area contributed by atoms with Crippen LogP contribution in [0.25, 0.3) is 0 Å². The summed E-state index contributed by atoms with van der Waals surface area (Å²) in [4.78, 5) is 9.19. The molecule has 178 valence electrons. The number of methoxy groups -OCH3 is 2. The van der Waals surface area contributed by atoms with Crippen LogP contribution in [0.5, 0.6) is 11.5 Å². The molecule has 1 fully saturated rings. The molecule has 0 radical (unpaired) electrons. The lowest BCUT2D eigenvalue weighted by atomic mass is 10.1. The number of halogens is 1. The van der Waals surface area contributed by atoms with Crippen LogP contribution in [0.15, 0.2) is 46.0 Å². The van der Waals surface area contributed by atoms with Gasteiger partial charge in [0.05, 0.1) is 20.5 Å². The molecule has 0 atom stereocenters. The highest BCUT2D eigenvalue weighted by molar-refractivity contribution is 14.0. The lowest BCUT2D eigenvalue weighted by Crippen LogP contribution is -2.52. The Hall–Kier alpha value is -1.98. The second-order valence-electron chi connectivity index (χ2n) is 7.40. The molecule has 1 saturated heterocycles. The van der Waals surface area contributed by atoms with Gasteiger partial charge in [0.1, 0.15) is 23.9 Å². The summed E-state index contributed by atoms with van der Waals surface area (Å²) in [7, 11) is 5.23. The fourth-order valence-electron chi connectivity index (χ4n) is 3.64. The first-order chi connectivity index (χ1) is 15.2. The fourth-order valence-corrected chi connectivity index (χ4v) is 3.64. The zero-order valence-electron chi connectivity index (χ0n) is 19.2. The predicted molar refractivity (Wildman–Crippen MR) is 136 cm³/mol. The maximum atomic E-state index is 5.63. The Morgan fingerprint density at radius 3 is 2.59 bits per heavy atom. The molecular formula is C23H35IN4O4. The second-order valence-corrected chi connectivity index (χ2v) is 7.40. The highest BCUT2D eigenvalue weighted by Gasteiger charge is 2.20. The average Bonchev–Trinajstić information content (AvgIpc) is 3.33. The SMILES string of the molecule is CN=C(NCCCOCc1ccco1)N1CCN(Cc2cc(OC)ccc2OC)CC1.I. The first kappa shape index (κ1) is 26.3. The van der Waals surface area contributed by atoms with E-state index in [1.165, 1.54) is 0 Å². The van der Waals surface area contributed by atoms with Gasteiger partial charge in [-0.1, -0.05) is 0 Å². The standard InChI is InChI=1S/C23H34N4O4.HI/c1-24-23(25-9-5-14-30-18-21-6-4-15-31-21)27-12-10-26(11-13-27)17-19-16-20(28-2)7-8-22(19)29-3;/h4,6-8,15-16H,5,9-14,17-18H2,1-3H3,(H,24,25);1H. The third-order valence-electron chi connectivity index (χ3n) is 5.34. The van der Waals surface area contributed by atoms with Crippen molar-refractivity contribution in [3.8, 4) is 11.5 Å². The number of nitrogens with one attached hydrogen (secondary N) is 1. The molecule has 2 aromatic rings. The Bertz CT molecular complexity index is 808. The summed E-state index contributed by atoms with van der Waals surface area (Å²) >= 11 is 0. The number of piperazine rings is 1. The summed E-state index contributed by atoms with van der Waals surface area (Å²) in [6.07, 6.45) is 2.58. The van der Waals surface area contributed by atoms with Gasteiger partial charge in [-0.3, -0.25) is 9.89 Å². The lowest BCUT2D eigenvalue weighted by molar-refractivity contribution is 0.104. The van der Waals surface area contributed by atoms with Crippen molar-refractivity contribution in [2.45, 2.75) is 19.6 Å². The molecule has 9 heteroatoms. The maximum absolute atomic E-state index is 5.63. The minimum absolute atomic E-state index is 0. The number of guanidine groups is 1. The Kier molecular flexibility index (Phi) is 11.7. The van der Waals surface area contributed by atoms with Crippen LogP contribution >= 0.6 is 24.0 Å². The largest absolute Gasteiger partial charge is 0.497 e. The third-order valence-corrected chi connectivity index (χ3v) is 5.34. The molecule has 0 aliphatic carbocycles. The van der Waals surface area contributed by atoms with Crippen LogP contribution in [-0.2, 0) is 17.9 Å². The molecule has 1 aliphatic rings. The van der Waals surface area contributed by atoms with Gasteiger partial charge in [-0.2, -0.15) is 0 Å². The quantitative estimate of drug-likeness (QED) is 0.208. The van der Waals surface area contributed by atoms with E-state index in [2.05, 4.69) is 26.2 Å². The van der Waals surface area contributed by atoms with Crippen molar-refractivity contribution in [3.63, 3.8) is 0 Å². The summed E-state index contributed by atoms with van der Waals surface area (Å²) in [5.41, 5.74) is 1.15. The molecule has 0 bridgehead atoms. The summed E-state index contributed by atoms with van der Waals surface area (Å²) < 4.78 is 21.8. The van der Waals surface area contributed by atoms with Gasteiger partial charge in [0.25, 0.3) is 0 Å². The topological polar surface area (TPSA) is 71.7 Å². The van der Waals surface area contributed by atoms with Crippen molar-refractivity contribution < 1.29 is 18.6 Å². The molecule has 1 aromatic carbocycles. The number of rotatable bonds is 10. The Morgan fingerprint density at radius 1 is 1.12 bits per heavy atom. The molecule has 8 nitrogen and oxygen atoms in total. The van der Waals surface area contributed by atoms with E-state index < -0.39 is 0 Å². The Morgan fingerprint density at radius 2 is 1.94 bits per heavy atom. The normalized spacial score (nSPS) is 14.7. The minimum atomic E-state index is 0. The molecule has 0 amide bonds. The highest BCUT2D eigenvalue weighted by Crippen LogP contribution is 2.25. The highest BCUT2D eigenvalue weighted by atomic mass is 127. The van der Waals surface area contributed by atoms with Gasteiger partial charge in [0, 0.05) is 58.5 Å². The molecule has 1 N–H and O–H groups in total. The van der Waals surface area contributed by atoms with E-state index in [1.54, 1.807) is 20.5 Å². The number of benzene rings is 1. The molecule has 3 rings (SSSR count). The Balaban J connectivity index is 0.00000363. The van der Waals surface area contributed by atoms with Gasteiger partial charge in [-0.25, -0.2) is 0 Å². The lowest BCUT2D eigenvalue weighted by Gasteiger charge is -2.36. The summed E-state index contributed by atoms with van der Waals surface area (Å²) in [5, 5.41) is 3.45. The van der Waals surface area contributed by atoms with Crippen molar-refractivity contribution in [1.29, 1.82) is 0 Å². The fraction of sp³-hybridized carbons (Fsp3) is 0.522. The van der Waals surface area contributed by atoms with E-state index in [9.17, 15) is 0 Å². The molecular weight excluding hydrogens is 523 g/mol. The number of furan rings is 1. The molecule has 0 saturated carbocycles. The predicted octanol–water partition coefficient (Wildman–Crippen LogP) is 3.21. The van der Waals surface area contributed by atoms with Gasteiger partial charge < -0.3 is 28.8 Å². The molecule has 1 aromatic heterocycles. The zero-order chi connectivity index (χ0) is 21.9. The third kappa shape index (κ3) is 7.86. The van der Waals surface area contributed by atoms with Crippen LogP contribution in [0.2, 0.25) is 0 Å². The van der Waals surface area contributed by atoms with Crippen LogP contribution in [0.4, 0.5) is 0 Å². The zero-order valence-corrected chi connectivity index (χ0v) is 21.5. The second kappa shape index (κ2) is 14.2. The van der Waals surface area contributed by atoms with Crippen LogP contribution < -0.4 is 14.8 Å². The average molecular weight is 558 g/mol. The van der Waals surface area contributed by atoms with Crippen molar-refractivity contribution in [2.75, 3.05) is 60.6 Å². The summed E-state index contributed by atoms with van der Waals surface area (Å²) in [5.74, 6) is 3.56. The van der Waals surface area contributed by atoms with Gasteiger partial charge in [-0.15, -0.1) is 24.0 Å². The van der Waals surface area contributed by atoms with Crippen molar-refractivity contribution in [2.24, 2.45) is 4.99 Å². The van der Waals surface area contributed by atoms with Crippen molar-refractivity contribution in [1.82, 2.24) is 15.1 Å². The summed E-state index contributed by atoms with van der Waals surface area (Å²) in [6, 6.07) is 9.74. The number of hydrogen-bond acceptors (Lipinski definition) is 6. The molecule has 0 unspecified atom stereocenters. The minimum Gasteiger partial charge on any atom is -0.497 e. The van der Waals surface area contributed by atoms with E-state index in [0.717, 1.165) is 74.5 Å². The van der Waals surface area contributed by atoms with E-state index in [-0.39, 0.29) is 24.0 Å². The van der Waals surface area contributed by atoms with Crippen LogP contribution in [0.3, 0.4) is 0 Å². The van der Waals surface area contributed by atoms with Gasteiger partial charge >= 0.3 is 0 Å². The number of ether oxygens (including phenoxy) is 3. The molecule has 0 spiro atoms. The maximum Gasteiger partial charge on any atom is 0.193 e. The van der Waals surface area contributed by atoms with Gasteiger partial charge in [0.2, 0.25) is 0 Å². The van der Waals surface area contributed by atoms with Crippen LogP contribution in [-0.4, -0.2) is 76.4 Å². The summed E-state index contributed by atoms with van der Waals surface area (Å²) in [6.45, 7) is 6.66. The van der Waals surface area contributed by atoms with Crippen LogP contribution in [0.1, 0.15) is 17.7 Å². The molecule has 2 heterocycles. The van der Waals surface area contributed by atoms with E-state index >= 15 is 0 Å². The monoisotopic (exact) mass is 558 g/mol. The smallest absolute Gasteiger partial charge is 0.193 e. The van der Waals surface area contributed by atoms with Gasteiger partial charge in [0.15, 0.2) is 5.96 Å². The number of aliphatic imine (C=N–C) groups is 1. The van der Waals surface area contributed by atoms with E-state index in [0.29, 0.717) is 13.2 Å². The van der Waals surface area contributed by atoms with Crippen molar-refractivity contribution in [3.05, 3.63) is 47.9 Å². The first-order valence-electron chi connectivity index (χ1n) is 10.7. The van der Waals surface area contributed by atoms with Crippen LogP contribution in [0, 0.1) is 0 Å². The molecule has 1 aliphatic heterocycles. The molecule has 32 heavy (non-hydrogen) atoms. The number of nitrogens with zero attached hydrogens (tertiary/aromatic N) is 3. The Labute approximate surface area is 207 Å². The van der Waals surface area contributed by atoms with Gasteiger partial charge in [-0.05, 0) is 36.8 Å². The van der Waals surface area contributed by atoms with E-state index in [1.807, 2.05) is 31.3 Å².